The second kappa shape index (κ2) is 7.23. The minimum absolute atomic E-state index is 0.0736. The molecule has 0 saturated carbocycles. The van der Waals surface area contributed by atoms with E-state index in [1.807, 2.05) is 48.5 Å². The van der Waals surface area contributed by atoms with Crippen molar-refractivity contribution in [2.75, 3.05) is 6.54 Å². The van der Waals surface area contributed by atoms with Crippen LogP contribution >= 0.6 is 0 Å². The number of carbonyl (C=O) groups excluding carboxylic acids is 2. The van der Waals surface area contributed by atoms with Crippen LogP contribution in [-0.2, 0) is 17.8 Å². The number of nitrogens with one attached hydrogen (secondary N) is 2. The van der Waals surface area contributed by atoms with Gasteiger partial charge in [0.05, 0.1) is 11.0 Å². The maximum Gasteiger partial charge on any atom is 0.255 e. The minimum atomic E-state index is -0.490. The monoisotopic (exact) mass is 362 g/mol. The molecule has 2 N–H and O–H groups in total. The number of aromatic amines is 1. The number of imidazole rings is 1. The fourth-order valence-electron chi connectivity index (χ4n) is 3.47. The van der Waals surface area contributed by atoms with E-state index in [0.717, 1.165) is 35.3 Å². The molecule has 1 atom stereocenters. The summed E-state index contributed by atoms with van der Waals surface area (Å²) >= 11 is 0. The van der Waals surface area contributed by atoms with Crippen molar-refractivity contribution in [3.63, 3.8) is 0 Å². The van der Waals surface area contributed by atoms with E-state index in [0.29, 0.717) is 18.7 Å². The molecule has 0 saturated heterocycles. The molecule has 2 amide bonds. The predicted octanol–water partition coefficient (Wildman–Crippen LogP) is 2.66. The van der Waals surface area contributed by atoms with E-state index in [4.69, 9.17) is 0 Å². The molecule has 0 aliphatic carbocycles. The summed E-state index contributed by atoms with van der Waals surface area (Å²) in [6.45, 7) is 2.82. The number of rotatable bonds is 6. The highest BCUT2D eigenvalue weighted by atomic mass is 16.2. The largest absolute Gasteiger partial charge is 0.354 e. The summed E-state index contributed by atoms with van der Waals surface area (Å²) in [5.74, 6) is 0.722. The molecule has 1 aromatic heterocycles. The zero-order chi connectivity index (χ0) is 18.8. The molecular weight excluding hydrogens is 340 g/mol. The van der Waals surface area contributed by atoms with Crippen LogP contribution < -0.4 is 5.32 Å². The maximum absolute atomic E-state index is 12.5. The Balaban J connectivity index is 1.27. The van der Waals surface area contributed by atoms with Gasteiger partial charge in [0.25, 0.3) is 5.91 Å². The summed E-state index contributed by atoms with van der Waals surface area (Å²) in [7, 11) is 0. The summed E-state index contributed by atoms with van der Waals surface area (Å²) in [6.07, 6.45) is 1.55. The van der Waals surface area contributed by atoms with E-state index in [2.05, 4.69) is 15.3 Å². The topological polar surface area (TPSA) is 78.1 Å². The van der Waals surface area contributed by atoms with Crippen LogP contribution in [0.1, 0.15) is 35.1 Å². The maximum atomic E-state index is 12.5. The first-order valence-corrected chi connectivity index (χ1v) is 9.23. The van der Waals surface area contributed by atoms with Crippen molar-refractivity contribution in [3.05, 3.63) is 65.5 Å². The van der Waals surface area contributed by atoms with Gasteiger partial charge in [0.1, 0.15) is 11.9 Å². The Bertz CT molecular complexity index is 962. The van der Waals surface area contributed by atoms with Gasteiger partial charge < -0.3 is 15.2 Å². The zero-order valence-electron chi connectivity index (χ0n) is 15.2. The zero-order valence-corrected chi connectivity index (χ0v) is 15.2. The van der Waals surface area contributed by atoms with Gasteiger partial charge in [0, 0.05) is 25.1 Å². The van der Waals surface area contributed by atoms with Crippen molar-refractivity contribution in [1.82, 2.24) is 20.2 Å². The second-order valence-corrected chi connectivity index (χ2v) is 6.86. The van der Waals surface area contributed by atoms with E-state index in [1.54, 1.807) is 11.8 Å². The quantitative estimate of drug-likeness (QED) is 0.662. The normalized spacial score (nSPS) is 14.4. The number of nitrogens with zero attached hydrogens (tertiary/aromatic N) is 2. The third-order valence-corrected chi connectivity index (χ3v) is 5.02. The number of fused-ring (bicyclic) bond motifs is 2. The van der Waals surface area contributed by atoms with Crippen LogP contribution in [0.15, 0.2) is 48.5 Å². The fourth-order valence-corrected chi connectivity index (χ4v) is 3.47. The first kappa shape index (κ1) is 17.3. The Kier molecular flexibility index (Phi) is 4.62. The van der Waals surface area contributed by atoms with Crippen molar-refractivity contribution in [2.45, 2.75) is 32.4 Å². The molecule has 4 rings (SSSR count). The standard InChI is InChI=1S/C21H22N4O2/c1-14(25-13-15-7-2-3-8-16(15)21(25)27)20(26)22-12-6-11-19-23-17-9-4-5-10-18(17)24-19/h2-5,7-10,14H,6,11-13H2,1H3,(H,22,26)(H,23,24)/t14-/m0/s1. The van der Waals surface area contributed by atoms with Crippen molar-refractivity contribution >= 4 is 22.8 Å². The molecule has 3 aromatic rings. The number of para-hydroxylation sites is 2. The van der Waals surface area contributed by atoms with Gasteiger partial charge in [-0.3, -0.25) is 9.59 Å². The van der Waals surface area contributed by atoms with E-state index in [-0.39, 0.29) is 11.8 Å². The molecule has 0 bridgehead atoms. The molecule has 2 heterocycles. The highest BCUT2D eigenvalue weighted by Crippen LogP contribution is 2.24. The summed E-state index contributed by atoms with van der Waals surface area (Å²) in [5.41, 5.74) is 3.66. The number of hydrogen-bond acceptors (Lipinski definition) is 3. The van der Waals surface area contributed by atoms with Crippen LogP contribution in [0.4, 0.5) is 0 Å². The van der Waals surface area contributed by atoms with E-state index in [9.17, 15) is 9.59 Å². The number of benzene rings is 2. The summed E-state index contributed by atoms with van der Waals surface area (Å²) in [4.78, 5) is 34.4. The van der Waals surface area contributed by atoms with Crippen LogP contribution in [0.2, 0.25) is 0 Å². The third kappa shape index (κ3) is 3.43. The molecule has 0 unspecified atom stereocenters. The molecule has 1 aliphatic rings. The average Bonchev–Trinajstić information content (AvgIpc) is 3.25. The minimum Gasteiger partial charge on any atom is -0.354 e. The van der Waals surface area contributed by atoms with Crippen molar-refractivity contribution in [1.29, 1.82) is 0 Å². The Labute approximate surface area is 157 Å². The Morgan fingerprint density at radius 3 is 2.81 bits per heavy atom. The van der Waals surface area contributed by atoms with Crippen molar-refractivity contribution in [3.8, 4) is 0 Å². The lowest BCUT2D eigenvalue weighted by atomic mass is 10.1. The molecule has 0 radical (unpaired) electrons. The molecule has 6 heteroatoms. The van der Waals surface area contributed by atoms with Gasteiger partial charge in [-0.15, -0.1) is 0 Å². The van der Waals surface area contributed by atoms with Crippen molar-refractivity contribution in [2.24, 2.45) is 0 Å². The van der Waals surface area contributed by atoms with E-state index >= 15 is 0 Å². The van der Waals surface area contributed by atoms with Gasteiger partial charge in [-0.1, -0.05) is 30.3 Å². The number of aromatic nitrogens is 2. The first-order chi connectivity index (χ1) is 13.1. The van der Waals surface area contributed by atoms with Crippen molar-refractivity contribution < 1.29 is 9.59 Å². The summed E-state index contributed by atoms with van der Waals surface area (Å²) < 4.78 is 0. The van der Waals surface area contributed by atoms with Gasteiger partial charge in [-0.25, -0.2) is 4.98 Å². The van der Waals surface area contributed by atoms with Gasteiger partial charge in [-0.2, -0.15) is 0 Å². The number of hydrogen-bond donors (Lipinski definition) is 2. The molecule has 0 spiro atoms. The van der Waals surface area contributed by atoms with Crippen LogP contribution in [0.25, 0.3) is 11.0 Å². The summed E-state index contributed by atoms with van der Waals surface area (Å²) in [6, 6.07) is 14.9. The van der Waals surface area contributed by atoms with Gasteiger partial charge in [-0.05, 0) is 37.1 Å². The molecular formula is C21H22N4O2. The molecule has 6 nitrogen and oxygen atoms in total. The number of carbonyl (C=O) groups is 2. The molecule has 0 fully saturated rings. The Morgan fingerprint density at radius 1 is 1.22 bits per heavy atom. The lowest BCUT2D eigenvalue weighted by Crippen LogP contribution is -2.45. The lowest BCUT2D eigenvalue weighted by Gasteiger charge is -2.23. The highest BCUT2D eigenvalue weighted by Gasteiger charge is 2.33. The number of aryl methyl sites for hydroxylation is 1. The highest BCUT2D eigenvalue weighted by molar-refractivity contribution is 6.01. The SMILES string of the molecule is C[C@@H](C(=O)NCCCc1nc2ccccc2[nH]1)N1Cc2ccccc2C1=O. The molecule has 27 heavy (non-hydrogen) atoms. The Hall–Kier alpha value is -3.15. The molecule has 138 valence electrons. The Morgan fingerprint density at radius 2 is 2.00 bits per heavy atom. The van der Waals surface area contributed by atoms with Crippen LogP contribution in [0.5, 0.6) is 0 Å². The average molecular weight is 362 g/mol. The fraction of sp³-hybridized carbons (Fsp3) is 0.286. The van der Waals surface area contributed by atoms with Crippen LogP contribution in [0.3, 0.4) is 0 Å². The van der Waals surface area contributed by atoms with E-state index in [1.165, 1.54) is 0 Å². The third-order valence-electron chi connectivity index (χ3n) is 5.02. The summed E-state index contributed by atoms with van der Waals surface area (Å²) in [5, 5.41) is 2.94. The van der Waals surface area contributed by atoms with E-state index < -0.39 is 6.04 Å². The lowest BCUT2D eigenvalue weighted by molar-refractivity contribution is -0.125. The predicted molar refractivity (Wildman–Crippen MR) is 103 cm³/mol. The van der Waals surface area contributed by atoms with Gasteiger partial charge in [0.15, 0.2) is 0 Å². The first-order valence-electron chi connectivity index (χ1n) is 9.23. The van der Waals surface area contributed by atoms with Gasteiger partial charge >= 0.3 is 0 Å². The smallest absolute Gasteiger partial charge is 0.255 e. The molecule has 1 aliphatic heterocycles. The van der Waals surface area contributed by atoms with Gasteiger partial charge in [0.2, 0.25) is 5.91 Å². The number of amides is 2. The molecule has 2 aromatic carbocycles. The second-order valence-electron chi connectivity index (χ2n) is 6.86. The van der Waals surface area contributed by atoms with Crippen LogP contribution in [-0.4, -0.2) is 39.3 Å². The number of H-pyrrole nitrogens is 1. The van der Waals surface area contributed by atoms with Crippen LogP contribution in [0, 0.1) is 0 Å².